The summed E-state index contributed by atoms with van der Waals surface area (Å²) in [5, 5.41) is 12.0. The van der Waals surface area contributed by atoms with Crippen LogP contribution in [0.5, 0.6) is 0 Å². The normalized spacial score (nSPS) is 18.9. The molecule has 1 N–H and O–H groups in total. The fourth-order valence-corrected chi connectivity index (χ4v) is 2.65. The Bertz CT molecular complexity index is 759. The molecule has 0 spiro atoms. The van der Waals surface area contributed by atoms with Gasteiger partial charge in [-0.25, -0.2) is 4.79 Å². The van der Waals surface area contributed by atoms with Crippen LogP contribution in [0.3, 0.4) is 0 Å². The zero-order valence-corrected chi connectivity index (χ0v) is 12.6. The van der Waals surface area contributed by atoms with E-state index in [0.29, 0.717) is 6.42 Å². The minimum Gasteiger partial charge on any atom is -0.366 e. The zero-order chi connectivity index (χ0) is 17.4. The molecule has 0 amide bonds. The lowest BCUT2D eigenvalue weighted by Gasteiger charge is -2.20. The number of nitrogens with one attached hydrogen (secondary N) is 1. The standard InChI is InChI=1S/C13H16F3N5O2/c1-19-10(9(5-17)11(22)20(2)12(19)23)18-8-3-4-21(6-8)7-13(14,15)16/h8,18H,3-4,6-7H2,1-2H3/t8-/m1/s1. The number of likely N-dealkylation sites (tertiary alicyclic amines) is 1. The Balaban J connectivity index is 2.24. The predicted molar refractivity (Wildman–Crippen MR) is 76.2 cm³/mol. The topological polar surface area (TPSA) is 83.1 Å². The Morgan fingerprint density at radius 3 is 2.52 bits per heavy atom. The van der Waals surface area contributed by atoms with E-state index in [1.165, 1.54) is 19.0 Å². The Kier molecular flexibility index (Phi) is 4.51. The molecule has 126 valence electrons. The maximum absolute atomic E-state index is 12.4. The van der Waals surface area contributed by atoms with E-state index in [9.17, 15) is 22.8 Å². The minimum absolute atomic E-state index is 0.0412. The molecule has 23 heavy (non-hydrogen) atoms. The summed E-state index contributed by atoms with van der Waals surface area (Å²) in [5.41, 5.74) is -1.58. The Hall–Kier alpha value is -2.28. The third-order valence-corrected chi connectivity index (χ3v) is 3.79. The van der Waals surface area contributed by atoms with Crippen molar-refractivity contribution in [3.05, 3.63) is 26.4 Å². The number of nitriles is 1. The highest BCUT2D eigenvalue weighted by atomic mass is 19.4. The molecule has 0 aliphatic carbocycles. The van der Waals surface area contributed by atoms with Crippen LogP contribution in [0.2, 0.25) is 0 Å². The molecule has 10 heteroatoms. The van der Waals surface area contributed by atoms with Gasteiger partial charge in [0.05, 0.1) is 6.54 Å². The average molecular weight is 331 g/mol. The summed E-state index contributed by atoms with van der Waals surface area (Å²) < 4.78 is 39.1. The minimum atomic E-state index is -4.28. The van der Waals surface area contributed by atoms with Crippen molar-refractivity contribution in [2.24, 2.45) is 14.1 Å². The van der Waals surface area contributed by atoms with Gasteiger partial charge >= 0.3 is 11.9 Å². The van der Waals surface area contributed by atoms with Crippen LogP contribution in [0.25, 0.3) is 0 Å². The Morgan fingerprint density at radius 1 is 1.30 bits per heavy atom. The van der Waals surface area contributed by atoms with Crippen molar-refractivity contribution in [2.45, 2.75) is 18.6 Å². The molecule has 2 heterocycles. The van der Waals surface area contributed by atoms with Gasteiger partial charge in [0.25, 0.3) is 5.56 Å². The van der Waals surface area contributed by atoms with Gasteiger partial charge in [-0.3, -0.25) is 18.8 Å². The smallest absolute Gasteiger partial charge is 0.366 e. The summed E-state index contributed by atoms with van der Waals surface area (Å²) in [5.74, 6) is 0.0412. The van der Waals surface area contributed by atoms with Crippen molar-refractivity contribution in [1.29, 1.82) is 5.26 Å². The lowest BCUT2D eigenvalue weighted by molar-refractivity contribution is -0.143. The van der Waals surface area contributed by atoms with Gasteiger partial charge in [0.2, 0.25) is 0 Å². The maximum Gasteiger partial charge on any atom is 0.401 e. The molecule has 1 fully saturated rings. The Morgan fingerprint density at radius 2 is 1.96 bits per heavy atom. The van der Waals surface area contributed by atoms with Crippen molar-refractivity contribution in [3.63, 3.8) is 0 Å². The maximum atomic E-state index is 12.4. The van der Waals surface area contributed by atoms with Crippen LogP contribution in [0.4, 0.5) is 19.0 Å². The zero-order valence-electron chi connectivity index (χ0n) is 12.6. The number of nitrogens with zero attached hydrogens (tertiary/aromatic N) is 4. The highest BCUT2D eigenvalue weighted by Crippen LogP contribution is 2.21. The first kappa shape index (κ1) is 17.1. The molecule has 1 aromatic heterocycles. The van der Waals surface area contributed by atoms with Crippen LogP contribution in [-0.2, 0) is 14.1 Å². The first-order valence-electron chi connectivity index (χ1n) is 6.90. The van der Waals surface area contributed by atoms with Gasteiger partial charge in [-0.05, 0) is 6.42 Å². The summed E-state index contributed by atoms with van der Waals surface area (Å²) >= 11 is 0. The van der Waals surface area contributed by atoms with Crippen molar-refractivity contribution >= 4 is 5.82 Å². The molecule has 0 bridgehead atoms. The molecular formula is C13H16F3N5O2. The fourth-order valence-electron chi connectivity index (χ4n) is 2.65. The average Bonchev–Trinajstić information content (AvgIpc) is 2.88. The van der Waals surface area contributed by atoms with Crippen molar-refractivity contribution < 1.29 is 13.2 Å². The first-order valence-corrected chi connectivity index (χ1v) is 6.90. The fraction of sp³-hybridized carbons (Fsp3) is 0.615. The predicted octanol–water partition coefficient (Wildman–Crippen LogP) is 0.00418. The number of hydrogen-bond acceptors (Lipinski definition) is 5. The first-order chi connectivity index (χ1) is 10.6. The summed E-state index contributed by atoms with van der Waals surface area (Å²) in [6.07, 6.45) is -3.85. The summed E-state index contributed by atoms with van der Waals surface area (Å²) in [7, 11) is 2.66. The second-order valence-corrected chi connectivity index (χ2v) is 5.52. The number of hydrogen-bond donors (Lipinski definition) is 1. The second-order valence-electron chi connectivity index (χ2n) is 5.52. The van der Waals surface area contributed by atoms with Gasteiger partial charge < -0.3 is 5.32 Å². The summed E-state index contributed by atoms with van der Waals surface area (Å²) in [6, 6.07) is 1.37. The van der Waals surface area contributed by atoms with E-state index in [-0.39, 0.29) is 30.5 Å². The Labute approximate surface area is 129 Å². The molecule has 0 unspecified atom stereocenters. The largest absolute Gasteiger partial charge is 0.401 e. The van der Waals surface area contributed by atoms with Crippen LogP contribution < -0.4 is 16.6 Å². The number of aromatic nitrogens is 2. The van der Waals surface area contributed by atoms with Gasteiger partial charge in [-0.2, -0.15) is 18.4 Å². The summed E-state index contributed by atoms with van der Waals surface area (Å²) in [4.78, 5) is 25.1. The number of anilines is 1. The molecule has 0 saturated carbocycles. The quantitative estimate of drug-likeness (QED) is 0.843. The summed E-state index contributed by atoms with van der Waals surface area (Å²) in [6.45, 7) is -0.641. The van der Waals surface area contributed by atoms with E-state index in [0.717, 1.165) is 9.13 Å². The molecule has 1 saturated heterocycles. The molecule has 7 nitrogen and oxygen atoms in total. The van der Waals surface area contributed by atoms with E-state index in [1.54, 1.807) is 6.07 Å². The second kappa shape index (κ2) is 6.08. The van der Waals surface area contributed by atoms with Crippen molar-refractivity contribution in [3.8, 4) is 6.07 Å². The van der Waals surface area contributed by atoms with Gasteiger partial charge in [-0.15, -0.1) is 0 Å². The highest BCUT2D eigenvalue weighted by molar-refractivity contribution is 5.52. The van der Waals surface area contributed by atoms with Gasteiger partial charge in [0.1, 0.15) is 11.9 Å². The molecule has 1 aliphatic heterocycles. The lowest BCUT2D eigenvalue weighted by atomic mass is 10.2. The van der Waals surface area contributed by atoms with Crippen LogP contribution in [0.15, 0.2) is 9.59 Å². The molecule has 2 rings (SSSR count). The van der Waals surface area contributed by atoms with Crippen molar-refractivity contribution in [2.75, 3.05) is 25.0 Å². The van der Waals surface area contributed by atoms with Gasteiger partial charge in [0, 0.05) is 33.2 Å². The number of rotatable bonds is 3. The van der Waals surface area contributed by atoms with E-state index in [1.807, 2.05) is 0 Å². The molecule has 0 aromatic carbocycles. The van der Waals surface area contributed by atoms with Crippen molar-refractivity contribution in [1.82, 2.24) is 14.0 Å². The lowest BCUT2D eigenvalue weighted by Crippen LogP contribution is -2.41. The van der Waals surface area contributed by atoms with Gasteiger partial charge in [0.15, 0.2) is 5.56 Å². The van der Waals surface area contributed by atoms with E-state index in [4.69, 9.17) is 5.26 Å². The molecule has 1 atom stereocenters. The molecular weight excluding hydrogens is 315 g/mol. The van der Waals surface area contributed by atoms with E-state index >= 15 is 0 Å². The third-order valence-electron chi connectivity index (χ3n) is 3.79. The monoisotopic (exact) mass is 331 g/mol. The number of alkyl halides is 3. The molecule has 1 aliphatic rings. The molecule has 1 aromatic rings. The number of halogens is 3. The van der Waals surface area contributed by atoms with E-state index < -0.39 is 24.0 Å². The third kappa shape index (κ3) is 3.56. The van der Waals surface area contributed by atoms with Crippen LogP contribution in [0.1, 0.15) is 12.0 Å². The highest BCUT2D eigenvalue weighted by Gasteiger charge is 2.34. The van der Waals surface area contributed by atoms with E-state index in [2.05, 4.69) is 5.32 Å². The van der Waals surface area contributed by atoms with Crippen LogP contribution in [0, 0.1) is 11.3 Å². The molecule has 0 radical (unpaired) electrons. The van der Waals surface area contributed by atoms with Crippen LogP contribution in [-0.4, -0.2) is 45.9 Å². The van der Waals surface area contributed by atoms with Crippen LogP contribution >= 0.6 is 0 Å². The van der Waals surface area contributed by atoms with Gasteiger partial charge in [-0.1, -0.05) is 0 Å². The SMILES string of the molecule is Cn1c(N[C@@H]2CCN(CC(F)(F)F)C2)c(C#N)c(=O)n(C)c1=O.